The fourth-order valence-corrected chi connectivity index (χ4v) is 6.52. The molecule has 0 spiro atoms. The van der Waals surface area contributed by atoms with Crippen LogP contribution in [-0.4, -0.2) is 87.4 Å². The van der Waals surface area contributed by atoms with Gasteiger partial charge in [0.05, 0.1) is 10.6 Å². The number of sulfonamides is 2. The van der Waals surface area contributed by atoms with Crippen LogP contribution in [0.1, 0.15) is 30.9 Å². The first-order valence-electron chi connectivity index (χ1n) is 10.7. The van der Waals surface area contributed by atoms with E-state index in [9.17, 15) is 21.6 Å². The summed E-state index contributed by atoms with van der Waals surface area (Å²) in [4.78, 5) is 14.5. The second-order valence-electron chi connectivity index (χ2n) is 8.16. The molecule has 31 heavy (non-hydrogen) atoms. The lowest BCUT2D eigenvalue weighted by Gasteiger charge is -2.36. The van der Waals surface area contributed by atoms with Crippen molar-refractivity contribution < 1.29 is 21.6 Å². The lowest BCUT2D eigenvalue weighted by molar-refractivity contribution is 0.164. The molecule has 0 radical (unpaired) electrons. The number of hydrogen-bond donors (Lipinski definition) is 1. The summed E-state index contributed by atoms with van der Waals surface area (Å²) in [5.74, 6) is 0.0827. The van der Waals surface area contributed by atoms with E-state index in [0.29, 0.717) is 39.0 Å². The number of carbonyl (C=O) groups excluding carboxylic acids is 1. The van der Waals surface area contributed by atoms with Crippen LogP contribution in [0.5, 0.6) is 0 Å². The smallest absolute Gasteiger partial charge is 0.317 e. The fourth-order valence-electron chi connectivity index (χ4n) is 3.88. The molecule has 0 atom stereocenters. The number of nitrogens with one attached hydrogen (secondary N) is 1. The Morgan fingerprint density at radius 2 is 1.55 bits per heavy atom. The highest BCUT2D eigenvalue weighted by molar-refractivity contribution is 7.89. The molecule has 1 aromatic carbocycles. The van der Waals surface area contributed by atoms with Gasteiger partial charge in [-0.3, -0.25) is 0 Å². The van der Waals surface area contributed by atoms with Crippen molar-refractivity contribution in [1.82, 2.24) is 18.8 Å². The first kappa shape index (κ1) is 24.0. The number of rotatable bonds is 5. The van der Waals surface area contributed by atoms with Crippen LogP contribution in [0.25, 0.3) is 0 Å². The number of piperidine rings is 1. The monoisotopic (exact) mass is 472 g/mol. The van der Waals surface area contributed by atoms with Crippen LogP contribution < -0.4 is 5.32 Å². The van der Waals surface area contributed by atoms with Crippen molar-refractivity contribution in [3.8, 4) is 0 Å². The van der Waals surface area contributed by atoms with Gasteiger partial charge in [-0.2, -0.15) is 4.31 Å². The SMILES string of the molecule is CCS(=O)(=O)N1CCC(NC(=O)N2CCN(S(=O)(=O)c3ccc(C)c(C)c3)CC2)CC1. The minimum atomic E-state index is -3.59. The van der Waals surface area contributed by atoms with E-state index >= 15 is 0 Å². The minimum absolute atomic E-state index is 0.0758. The van der Waals surface area contributed by atoms with E-state index in [1.54, 1.807) is 24.0 Å². The average molecular weight is 473 g/mol. The van der Waals surface area contributed by atoms with Crippen molar-refractivity contribution in [3.63, 3.8) is 0 Å². The van der Waals surface area contributed by atoms with E-state index in [1.807, 2.05) is 19.9 Å². The van der Waals surface area contributed by atoms with E-state index in [0.717, 1.165) is 11.1 Å². The zero-order chi connectivity index (χ0) is 22.8. The first-order chi connectivity index (χ1) is 14.5. The molecule has 2 amide bonds. The van der Waals surface area contributed by atoms with Gasteiger partial charge in [0.15, 0.2) is 0 Å². The molecule has 1 N–H and O–H groups in total. The van der Waals surface area contributed by atoms with Crippen molar-refractivity contribution in [2.45, 2.75) is 44.6 Å². The summed E-state index contributed by atoms with van der Waals surface area (Å²) < 4.78 is 52.7. The molecule has 0 unspecified atom stereocenters. The van der Waals surface area contributed by atoms with Gasteiger partial charge in [0, 0.05) is 45.3 Å². The molecule has 0 aliphatic carbocycles. The third-order valence-corrected chi connectivity index (χ3v) is 9.96. The summed E-state index contributed by atoms with van der Waals surface area (Å²) in [7, 11) is -6.78. The van der Waals surface area contributed by atoms with Crippen molar-refractivity contribution in [2.75, 3.05) is 45.0 Å². The normalized spacial score (nSPS) is 20.0. The third kappa shape index (κ3) is 5.39. The molecule has 3 rings (SSSR count). The molecule has 2 aliphatic heterocycles. The first-order valence-corrected chi connectivity index (χ1v) is 13.7. The molecule has 0 saturated carbocycles. The largest absolute Gasteiger partial charge is 0.335 e. The number of hydrogen-bond acceptors (Lipinski definition) is 5. The van der Waals surface area contributed by atoms with Gasteiger partial charge in [-0.1, -0.05) is 6.07 Å². The lowest BCUT2D eigenvalue weighted by atomic mass is 10.1. The summed E-state index contributed by atoms with van der Waals surface area (Å²) in [6.45, 7) is 7.40. The van der Waals surface area contributed by atoms with Gasteiger partial charge in [0.2, 0.25) is 20.0 Å². The molecule has 174 valence electrons. The maximum Gasteiger partial charge on any atom is 0.317 e. The van der Waals surface area contributed by atoms with Gasteiger partial charge in [0.1, 0.15) is 0 Å². The van der Waals surface area contributed by atoms with E-state index in [-0.39, 0.29) is 35.8 Å². The van der Waals surface area contributed by atoms with Crippen LogP contribution in [-0.2, 0) is 20.0 Å². The maximum absolute atomic E-state index is 12.9. The summed E-state index contributed by atoms with van der Waals surface area (Å²) in [6, 6.07) is 4.83. The summed E-state index contributed by atoms with van der Waals surface area (Å²) in [5.41, 5.74) is 1.97. The quantitative estimate of drug-likeness (QED) is 0.691. The number of carbonyl (C=O) groups is 1. The van der Waals surface area contributed by atoms with Crippen LogP contribution in [0.4, 0.5) is 4.79 Å². The predicted octanol–water partition coefficient (Wildman–Crippen LogP) is 1.13. The Bertz CT molecular complexity index is 1010. The molecule has 2 heterocycles. The van der Waals surface area contributed by atoms with Gasteiger partial charge >= 0.3 is 6.03 Å². The Balaban J connectivity index is 1.51. The molecule has 9 nitrogen and oxygen atoms in total. The van der Waals surface area contributed by atoms with E-state index in [1.165, 1.54) is 8.61 Å². The lowest BCUT2D eigenvalue weighted by Crippen LogP contribution is -2.55. The molecule has 2 saturated heterocycles. The zero-order valence-electron chi connectivity index (χ0n) is 18.4. The zero-order valence-corrected chi connectivity index (χ0v) is 20.0. The van der Waals surface area contributed by atoms with Gasteiger partial charge in [-0.05, 0) is 56.9 Å². The van der Waals surface area contributed by atoms with Gasteiger partial charge in [-0.15, -0.1) is 0 Å². The molecule has 0 bridgehead atoms. The van der Waals surface area contributed by atoms with Crippen LogP contribution in [0, 0.1) is 13.8 Å². The number of amides is 2. The Hall–Kier alpha value is -1.69. The second kappa shape index (κ2) is 9.43. The Morgan fingerprint density at radius 3 is 2.10 bits per heavy atom. The number of nitrogens with zero attached hydrogens (tertiary/aromatic N) is 3. The Morgan fingerprint density at radius 1 is 0.935 bits per heavy atom. The third-order valence-electron chi connectivity index (χ3n) is 6.18. The fraction of sp³-hybridized carbons (Fsp3) is 0.650. The number of urea groups is 1. The number of piperazine rings is 1. The molecule has 11 heteroatoms. The van der Waals surface area contributed by atoms with Gasteiger partial charge in [-0.25, -0.2) is 25.9 Å². The van der Waals surface area contributed by atoms with Gasteiger partial charge in [0.25, 0.3) is 0 Å². The highest BCUT2D eigenvalue weighted by atomic mass is 32.2. The van der Waals surface area contributed by atoms with Crippen molar-refractivity contribution >= 4 is 26.1 Å². The minimum Gasteiger partial charge on any atom is -0.335 e. The highest BCUT2D eigenvalue weighted by Gasteiger charge is 2.32. The van der Waals surface area contributed by atoms with Crippen molar-refractivity contribution in [3.05, 3.63) is 29.3 Å². The van der Waals surface area contributed by atoms with Crippen molar-refractivity contribution in [2.24, 2.45) is 0 Å². The van der Waals surface area contributed by atoms with Crippen molar-refractivity contribution in [1.29, 1.82) is 0 Å². The average Bonchev–Trinajstić information content (AvgIpc) is 2.76. The standard InChI is InChI=1S/C20H32N4O5S2/c1-4-30(26,27)23-9-7-18(8-10-23)21-20(25)22-11-13-24(14-12-22)31(28,29)19-6-5-16(2)17(3)15-19/h5-6,15,18H,4,7-14H2,1-3H3,(H,21,25). The molecule has 1 aromatic rings. The molecule has 2 fully saturated rings. The summed E-state index contributed by atoms with van der Waals surface area (Å²) >= 11 is 0. The van der Waals surface area contributed by atoms with E-state index in [4.69, 9.17) is 0 Å². The summed E-state index contributed by atoms with van der Waals surface area (Å²) in [5, 5.41) is 2.98. The molecule has 2 aliphatic rings. The van der Waals surface area contributed by atoms with Crippen LogP contribution >= 0.6 is 0 Å². The Labute approximate surface area is 185 Å². The van der Waals surface area contributed by atoms with Crippen LogP contribution in [0.3, 0.4) is 0 Å². The molecular formula is C20H32N4O5S2. The molecule has 0 aromatic heterocycles. The molecular weight excluding hydrogens is 440 g/mol. The summed E-state index contributed by atoms with van der Waals surface area (Å²) in [6.07, 6.45) is 1.15. The number of benzene rings is 1. The van der Waals surface area contributed by atoms with E-state index in [2.05, 4.69) is 5.32 Å². The topological polar surface area (TPSA) is 107 Å². The van der Waals surface area contributed by atoms with Crippen LogP contribution in [0.15, 0.2) is 23.1 Å². The highest BCUT2D eigenvalue weighted by Crippen LogP contribution is 2.21. The maximum atomic E-state index is 12.9. The Kier molecular flexibility index (Phi) is 7.29. The van der Waals surface area contributed by atoms with E-state index < -0.39 is 20.0 Å². The number of aryl methyl sites for hydroxylation is 2. The van der Waals surface area contributed by atoms with Crippen LogP contribution in [0.2, 0.25) is 0 Å². The van der Waals surface area contributed by atoms with Gasteiger partial charge < -0.3 is 10.2 Å². The predicted molar refractivity (Wildman–Crippen MR) is 119 cm³/mol. The second-order valence-corrected chi connectivity index (χ2v) is 12.4.